The van der Waals surface area contributed by atoms with Gasteiger partial charge in [0.2, 0.25) is 0 Å². The molecule has 0 radical (unpaired) electrons. The maximum atomic E-state index is 8.74. The molecule has 0 amide bonds. The Morgan fingerprint density at radius 3 is 2.55 bits per heavy atom. The topological polar surface area (TPSA) is 29.5 Å². The SMILES string of the molecule is COC/C=C\C(C)=C(\C)CO. The summed E-state index contributed by atoms with van der Waals surface area (Å²) in [6, 6.07) is 0. The van der Waals surface area contributed by atoms with Crippen LogP contribution < -0.4 is 0 Å². The van der Waals surface area contributed by atoms with E-state index in [1.165, 1.54) is 0 Å². The molecule has 0 aliphatic heterocycles. The quantitative estimate of drug-likeness (QED) is 0.625. The molecule has 0 saturated carbocycles. The number of methoxy groups -OCH3 is 1. The van der Waals surface area contributed by atoms with Gasteiger partial charge in [0.05, 0.1) is 13.2 Å². The predicted molar refractivity (Wildman–Crippen MR) is 46.5 cm³/mol. The molecule has 0 unspecified atom stereocenters. The van der Waals surface area contributed by atoms with Crippen molar-refractivity contribution < 1.29 is 9.84 Å². The first-order valence-corrected chi connectivity index (χ1v) is 3.65. The number of hydrogen-bond acceptors (Lipinski definition) is 2. The molecule has 2 heteroatoms. The first-order valence-electron chi connectivity index (χ1n) is 3.65. The van der Waals surface area contributed by atoms with Crippen LogP contribution in [0.1, 0.15) is 13.8 Å². The van der Waals surface area contributed by atoms with E-state index in [9.17, 15) is 0 Å². The summed E-state index contributed by atoms with van der Waals surface area (Å²) < 4.78 is 4.83. The monoisotopic (exact) mass is 156 g/mol. The molecule has 0 aromatic rings. The molecular formula is C9H16O2. The third kappa shape index (κ3) is 4.76. The number of hydrogen-bond donors (Lipinski definition) is 1. The number of aliphatic hydroxyl groups is 1. The maximum absolute atomic E-state index is 8.74. The highest BCUT2D eigenvalue weighted by Crippen LogP contribution is 2.02. The summed E-state index contributed by atoms with van der Waals surface area (Å²) >= 11 is 0. The first kappa shape index (κ1) is 10.4. The van der Waals surface area contributed by atoms with Gasteiger partial charge in [0.15, 0.2) is 0 Å². The van der Waals surface area contributed by atoms with Crippen LogP contribution >= 0.6 is 0 Å². The summed E-state index contributed by atoms with van der Waals surface area (Å²) in [5.74, 6) is 0. The Balaban J connectivity index is 3.93. The molecule has 0 rings (SSSR count). The summed E-state index contributed by atoms with van der Waals surface area (Å²) in [7, 11) is 1.66. The highest BCUT2D eigenvalue weighted by Gasteiger charge is 1.88. The van der Waals surface area contributed by atoms with Gasteiger partial charge in [-0.3, -0.25) is 0 Å². The van der Waals surface area contributed by atoms with Crippen LogP contribution in [0, 0.1) is 0 Å². The third-order valence-corrected chi connectivity index (χ3v) is 1.54. The number of rotatable bonds is 4. The fraction of sp³-hybridized carbons (Fsp3) is 0.556. The Hall–Kier alpha value is -0.600. The molecule has 0 fully saturated rings. The molecule has 0 aromatic carbocycles. The highest BCUT2D eigenvalue weighted by atomic mass is 16.5. The summed E-state index contributed by atoms with van der Waals surface area (Å²) in [5, 5.41) is 8.74. The van der Waals surface area contributed by atoms with Gasteiger partial charge in [0.1, 0.15) is 0 Å². The Morgan fingerprint density at radius 1 is 1.45 bits per heavy atom. The minimum Gasteiger partial charge on any atom is -0.392 e. The molecule has 1 N–H and O–H groups in total. The van der Waals surface area contributed by atoms with Crippen LogP contribution in [-0.4, -0.2) is 25.4 Å². The van der Waals surface area contributed by atoms with E-state index in [1.54, 1.807) is 7.11 Å². The molecule has 64 valence electrons. The second-order valence-corrected chi connectivity index (χ2v) is 2.48. The van der Waals surface area contributed by atoms with Gasteiger partial charge in [0.25, 0.3) is 0 Å². The number of ether oxygens (including phenoxy) is 1. The van der Waals surface area contributed by atoms with Gasteiger partial charge in [0, 0.05) is 7.11 Å². The van der Waals surface area contributed by atoms with E-state index in [0.717, 1.165) is 11.1 Å². The Morgan fingerprint density at radius 2 is 2.09 bits per heavy atom. The van der Waals surface area contributed by atoms with E-state index in [1.807, 2.05) is 26.0 Å². The van der Waals surface area contributed by atoms with Crippen LogP contribution in [0.3, 0.4) is 0 Å². The van der Waals surface area contributed by atoms with E-state index < -0.39 is 0 Å². The van der Waals surface area contributed by atoms with Gasteiger partial charge in [-0.05, 0) is 19.4 Å². The molecule has 0 aromatic heterocycles. The lowest BCUT2D eigenvalue weighted by Gasteiger charge is -1.97. The van der Waals surface area contributed by atoms with Crippen molar-refractivity contribution >= 4 is 0 Å². The zero-order chi connectivity index (χ0) is 8.69. The molecule has 0 aliphatic carbocycles. The Labute approximate surface area is 68.2 Å². The molecule has 2 nitrogen and oxygen atoms in total. The van der Waals surface area contributed by atoms with E-state index in [-0.39, 0.29) is 6.61 Å². The molecule has 0 saturated heterocycles. The van der Waals surface area contributed by atoms with Crippen molar-refractivity contribution in [1.29, 1.82) is 0 Å². The van der Waals surface area contributed by atoms with Gasteiger partial charge in [-0.15, -0.1) is 0 Å². The Kier molecular flexibility index (Phi) is 5.80. The lowest BCUT2D eigenvalue weighted by atomic mass is 10.1. The summed E-state index contributed by atoms with van der Waals surface area (Å²) in [5.41, 5.74) is 2.10. The number of allylic oxidation sites excluding steroid dienone is 2. The van der Waals surface area contributed by atoms with Crippen molar-refractivity contribution in [3.63, 3.8) is 0 Å². The fourth-order valence-electron chi connectivity index (χ4n) is 0.588. The van der Waals surface area contributed by atoms with Gasteiger partial charge in [-0.25, -0.2) is 0 Å². The minimum atomic E-state index is 0.128. The largest absolute Gasteiger partial charge is 0.392 e. The van der Waals surface area contributed by atoms with Crippen molar-refractivity contribution in [3.05, 3.63) is 23.3 Å². The smallest absolute Gasteiger partial charge is 0.0646 e. The van der Waals surface area contributed by atoms with Crippen LogP contribution in [0.15, 0.2) is 23.3 Å². The van der Waals surface area contributed by atoms with Gasteiger partial charge >= 0.3 is 0 Å². The van der Waals surface area contributed by atoms with Crippen molar-refractivity contribution in [3.8, 4) is 0 Å². The van der Waals surface area contributed by atoms with Crippen molar-refractivity contribution in [2.24, 2.45) is 0 Å². The molecule has 0 spiro atoms. The average Bonchev–Trinajstić information content (AvgIpc) is 2.03. The van der Waals surface area contributed by atoms with E-state index in [0.29, 0.717) is 6.61 Å². The second kappa shape index (κ2) is 6.13. The van der Waals surface area contributed by atoms with Crippen molar-refractivity contribution in [2.75, 3.05) is 20.3 Å². The molecule has 0 heterocycles. The zero-order valence-electron chi connectivity index (χ0n) is 7.42. The lowest BCUT2D eigenvalue weighted by Crippen LogP contribution is -1.88. The van der Waals surface area contributed by atoms with Gasteiger partial charge in [-0.2, -0.15) is 0 Å². The first-order chi connectivity index (χ1) is 5.22. The molecule has 0 atom stereocenters. The van der Waals surface area contributed by atoms with Crippen LogP contribution in [0.2, 0.25) is 0 Å². The number of aliphatic hydroxyl groups excluding tert-OH is 1. The molecule has 0 aliphatic rings. The van der Waals surface area contributed by atoms with Gasteiger partial charge in [-0.1, -0.05) is 17.7 Å². The molecule has 0 bridgehead atoms. The fourth-order valence-corrected chi connectivity index (χ4v) is 0.588. The van der Waals surface area contributed by atoms with Gasteiger partial charge < -0.3 is 9.84 Å². The van der Waals surface area contributed by atoms with E-state index in [2.05, 4.69) is 0 Å². The van der Waals surface area contributed by atoms with Crippen molar-refractivity contribution in [1.82, 2.24) is 0 Å². The Bertz CT molecular complexity index is 157. The van der Waals surface area contributed by atoms with Crippen molar-refractivity contribution in [2.45, 2.75) is 13.8 Å². The second-order valence-electron chi connectivity index (χ2n) is 2.48. The summed E-state index contributed by atoms with van der Waals surface area (Å²) in [6.07, 6.45) is 3.88. The van der Waals surface area contributed by atoms with Crippen LogP contribution in [-0.2, 0) is 4.74 Å². The minimum absolute atomic E-state index is 0.128. The van der Waals surface area contributed by atoms with Crippen LogP contribution in [0.25, 0.3) is 0 Å². The van der Waals surface area contributed by atoms with Crippen LogP contribution in [0.4, 0.5) is 0 Å². The third-order valence-electron chi connectivity index (χ3n) is 1.54. The van der Waals surface area contributed by atoms with E-state index >= 15 is 0 Å². The highest BCUT2D eigenvalue weighted by molar-refractivity contribution is 5.22. The molecule has 11 heavy (non-hydrogen) atoms. The molecular weight excluding hydrogens is 140 g/mol. The predicted octanol–water partition coefficient (Wildman–Crippen LogP) is 1.52. The normalized spacial score (nSPS) is 13.8. The van der Waals surface area contributed by atoms with Crippen LogP contribution in [0.5, 0.6) is 0 Å². The summed E-state index contributed by atoms with van der Waals surface area (Å²) in [6.45, 7) is 4.63. The summed E-state index contributed by atoms with van der Waals surface area (Å²) in [4.78, 5) is 0. The maximum Gasteiger partial charge on any atom is 0.0646 e. The van der Waals surface area contributed by atoms with E-state index in [4.69, 9.17) is 9.84 Å². The zero-order valence-corrected chi connectivity index (χ0v) is 7.42. The standard InChI is InChI=1S/C9H16O2/c1-8(9(2)7-10)5-4-6-11-3/h4-5,10H,6-7H2,1-3H3/b5-4-,9-8-. The lowest BCUT2D eigenvalue weighted by molar-refractivity contribution is 0.234. The average molecular weight is 156 g/mol.